The van der Waals surface area contributed by atoms with Crippen LogP contribution in [0.2, 0.25) is 0 Å². The number of phenolic OH excluding ortho intramolecular Hbond substituents is 1. The maximum atomic E-state index is 12.1. The van der Waals surface area contributed by atoms with E-state index in [0.717, 1.165) is 108 Å². The topological polar surface area (TPSA) is 807 Å². The fraction of sp³-hybridized carbons (Fsp3) is 0.227. The minimum absolute atomic E-state index is 0. The van der Waals surface area contributed by atoms with Crippen molar-refractivity contribution >= 4 is 150 Å². The highest BCUT2D eigenvalue weighted by Crippen LogP contribution is 2.35. The number of benzene rings is 7. The number of Topliss-reactive ketones (excluding diaryl/α,β-unsaturated/α-hetero) is 6. The van der Waals surface area contributed by atoms with Crippen molar-refractivity contribution in [1.82, 2.24) is 31.9 Å². The summed E-state index contributed by atoms with van der Waals surface area (Å²) < 4.78 is 21.0. The monoisotopic (exact) mass is 2030 g/mol. The highest BCUT2D eigenvalue weighted by molar-refractivity contribution is 7.09. The number of carbonyl (C=O) groups excluding carboxylic acids is 10. The van der Waals surface area contributed by atoms with Crippen molar-refractivity contribution in [2.24, 2.45) is 9.98 Å². The summed E-state index contributed by atoms with van der Waals surface area (Å²) in [5, 5.41) is 145. The van der Waals surface area contributed by atoms with E-state index in [2.05, 4.69) is 41.9 Å². The summed E-state index contributed by atoms with van der Waals surface area (Å²) in [6.07, 6.45) is 6.79. The number of phenols is 1. The number of nitrogens with zero attached hydrogens (tertiary/aromatic N) is 13. The third kappa shape index (κ3) is 39.4. The van der Waals surface area contributed by atoms with E-state index in [4.69, 9.17) is 18.3 Å². The third-order valence-electron chi connectivity index (χ3n) is 18.5. The summed E-state index contributed by atoms with van der Waals surface area (Å²) in [5.74, 6) is -3.17. The van der Waals surface area contributed by atoms with E-state index in [1.165, 1.54) is 42.6 Å². The van der Waals surface area contributed by atoms with Gasteiger partial charge in [-0.25, -0.2) is 9.59 Å². The van der Waals surface area contributed by atoms with Crippen LogP contribution in [0.3, 0.4) is 0 Å². The highest BCUT2D eigenvalue weighted by atomic mass is 32.1. The predicted molar refractivity (Wildman–Crippen MR) is 511 cm³/mol. The molecule has 56 nitrogen and oxygen atoms in total. The Morgan fingerprint density at radius 1 is 0.448 bits per heavy atom. The molecule has 1 saturated heterocycles. The zero-order valence-corrected chi connectivity index (χ0v) is 76.4. The summed E-state index contributed by atoms with van der Waals surface area (Å²) in [7, 11) is 0. The van der Waals surface area contributed by atoms with Crippen LogP contribution < -0.4 is 36.6 Å². The lowest BCUT2D eigenvalue weighted by atomic mass is 10.1. The van der Waals surface area contributed by atoms with Crippen LogP contribution in [0.15, 0.2) is 200 Å². The number of hydrogen-bond acceptors (Lipinski definition) is 40. The van der Waals surface area contributed by atoms with Gasteiger partial charge in [0.1, 0.15) is 36.1 Å². The number of nitro groups is 11. The van der Waals surface area contributed by atoms with Crippen LogP contribution in [0.1, 0.15) is 135 Å². The summed E-state index contributed by atoms with van der Waals surface area (Å²) in [6.45, 7) is 7.58. The second kappa shape index (κ2) is 56.9. The lowest BCUT2D eigenvalue weighted by molar-refractivity contribution is -0.395. The predicted octanol–water partition coefficient (Wildman–Crippen LogP) is 13.6. The van der Waals surface area contributed by atoms with Crippen LogP contribution in [-0.2, 0) is 16.0 Å². The van der Waals surface area contributed by atoms with Gasteiger partial charge in [-0.1, -0.05) is 31.2 Å². The lowest BCUT2D eigenvalue weighted by Gasteiger charge is -2.11. The van der Waals surface area contributed by atoms with Gasteiger partial charge < -0.3 is 55.3 Å². The molecule has 6 amide bonds. The first-order valence-corrected chi connectivity index (χ1v) is 42.0. The average Bonchev–Trinajstić information content (AvgIpc) is 1.13. The van der Waals surface area contributed by atoms with Gasteiger partial charge in [-0.15, -0.1) is 11.3 Å². The summed E-state index contributed by atoms with van der Waals surface area (Å²) in [4.78, 5) is 237. The number of ether oxygens (including phenoxy) is 2. The van der Waals surface area contributed by atoms with E-state index in [9.17, 15) is 164 Å². The number of aryl methyl sites for hydroxylation is 3. The van der Waals surface area contributed by atoms with E-state index in [1.807, 2.05) is 36.6 Å². The summed E-state index contributed by atoms with van der Waals surface area (Å²) in [5.41, 5.74) is -5.41. The SMILES string of the molecule is C.CC(C)=NCC(=O)c1cc([N+](=O)[O-])cc([N+](=O)[O-])c1.Cc1ccc(/C=C/C=NCC(=O)c2cc([N+](=O)[O-])cc([N+](=O)[O-])c2O)o1.Cc1ccc(C(=O)NCC(=O)c2ccc([N+](=O)[O-])cc2)o1.Cc1ccc(OCC(=O)NCC(=O)c2cc([N+](=O)[O-])cc([N+](=O)[O-])c2)cc1.O=C(NCC(=O)c1cc([N+](=O)[O-])cc([N+](=O)[O-])c1)NCC1CCCO1.O=C(NCCc1cccs1)NCC(=O)c1cc([N+](=O)[O-])cc([N+](=O)[O-])c1. The second-order valence-electron chi connectivity index (χ2n) is 29.4. The van der Waals surface area contributed by atoms with Crippen molar-refractivity contribution in [1.29, 1.82) is 0 Å². The van der Waals surface area contributed by atoms with Crippen LogP contribution in [-0.4, -0.2) is 201 Å². The molecule has 760 valence electrons. The molecule has 1 fully saturated rings. The Morgan fingerprint density at radius 3 is 1.28 bits per heavy atom. The van der Waals surface area contributed by atoms with Gasteiger partial charge >= 0.3 is 17.7 Å². The minimum Gasteiger partial charge on any atom is -0.502 e. The third-order valence-corrected chi connectivity index (χ3v) is 19.5. The molecule has 57 heteroatoms. The number of nitro benzene ring substituents is 11. The zero-order chi connectivity index (χ0) is 107. The maximum Gasteiger partial charge on any atom is 0.318 e. The normalized spacial score (nSPS) is 11.3. The zero-order valence-electron chi connectivity index (χ0n) is 75.6. The van der Waals surface area contributed by atoms with Crippen molar-refractivity contribution in [3.05, 3.63) is 359 Å². The largest absolute Gasteiger partial charge is 0.502 e. The van der Waals surface area contributed by atoms with E-state index >= 15 is 0 Å². The van der Waals surface area contributed by atoms with Gasteiger partial charge in [0.2, 0.25) is 5.75 Å². The first-order chi connectivity index (χ1) is 68.1. The molecule has 7 aromatic carbocycles. The Hall–Kier alpha value is -19.7. The number of non-ortho nitro benzene ring substituents is 10. The maximum absolute atomic E-state index is 12.1. The first kappa shape index (κ1) is 116. The van der Waals surface area contributed by atoms with Crippen molar-refractivity contribution < 1.29 is 126 Å². The number of furan rings is 2. The van der Waals surface area contributed by atoms with Gasteiger partial charge in [-0.3, -0.25) is 160 Å². The van der Waals surface area contributed by atoms with E-state index in [1.54, 1.807) is 75.4 Å². The molecule has 4 heterocycles. The van der Waals surface area contributed by atoms with Crippen LogP contribution in [0.4, 0.5) is 72.2 Å². The number of aliphatic imine (C=N–C) groups is 2. The van der Waals surface area contributed by atoms with Crippen LogP contribution >= 0.6 is 11.3 Å². The molecule has 0 spiro atoms. The standard InChI is InChI=1S/C17H15N3O7.C16H13N3O7.C15H14N4O6S.C14H16N4O7.C14H12N2O5.C11H11N3O5.CH4/c1-11-2-4-15(5-3-11)27-10-17(22)18-9-16(21)12-6-13(19(23)24)8-14(7-12)20(25)26;1-10-4-5-12(26-10)3-2-6-17-9-15(20)13-7-11(18(22)23)8-14(16(13)21)19(24)25;20-14(9-17-15(21)16-4-3-13-2-1-5-26-13)10-6-11(18(22)23)8-12(7-10)19(24)25;19-13(8-16-14(20)15-7-12-2-1-3-25-12)9-4-10(17(21)22)6-11(5-9)18(23)24;1-9-2-7-13(21-9)14(18)15-8-12(17)10-3-5-11(6-4-10)16(19)20;1-7(2)12-6-11(15)8-3-9(13(16)17)5-10(4-8)14(18)19;/h2-8H,9-10H2,1H3,(H,18,22);2-8,21H,9H2,1H3;1-2,5-8H,3-4,9H2,(H2,16,17,21);4-6,12H,1-3,7-8H2,(H2,15,16,20);2-7H,8H2,1H3,(H,15,18);3-5H,6H2,1-2H3;1H4/b;3-2+,17-6?;;;;;. The molecule has 10 aromatic rings. The van der Waals surface area contributed by atoms with Crippen molar-refractivity contribution in [3.8, 4) is 11.5 Å². The first-order valence-electron chi connectivity index (χ1n) is 41.1. The number of ketones is 6. The van der Waals surface area contributed by atoms with Crippen molar-refractivity contribution in [2.45, 2.75) is 67.4 Å². The van der Waals surface area contributed by atoms with E-state index in [-0.39, 0.29) is 78.3 Å². The number of carbonyl (C=O) groups is 10. The summed E-state index contributed by atoms with van der Waals surface area (Å²) in [6, 6.07) is 33.6. The van der Waals surface area contributed by atoms with Gasteiger partial charge in [0, 0.05) is 131 Å². The van der Waals surface area contributed by atoms with Crippen molar-refractivity contribution in [2.75, 3.05) is 65.6 Å². The number of rotatable bonds is 40. The Kier molecular flexibility index (Phi) is 45.4. The molecule has 11 rings (SSSR count). The van der Waals surface area contributed by atoms with Crippen molar-refractivity contribution in [3.63, 3.8) is 0 Å². The van der Waals surface area contributed by atoms with Gasteiger partial charge in [-0.2, -0.15) is 0 Å². The summed E-state index contributed by atoms with van der Waals surface area (Å²) >= 11 is 1.56. The Labute approximate surface area is 818 Å². The molecule has 0 aliphatic carbocycles. The van der Waals surface area contributed by atoms with Gasteiger partial charge in [0.15, 0.2) is 47.1 Å². The molecule has 3 aromatic heterocycles. The number of nitrogens with one attached hydrogen (secondary N) is 6. The van der Waals surface area contributed by atoms with Gasteiger partial charge in [0.05, 0.1) is 122 Å². The molecule has 1 atom stereocenters. The molecule has 0 radical (unpaired) electrons. The fourth-order valence-electron chi connectivity index (χ4n) is 11.4. The molecular formula is C88H85N19O37S. The second-order valence-corrected chi connectivity index (χ2v) is 30.4. The molecule has 0 saturated carbocycles. The Bertz CT molecular complexity index is 6520. The van der Waals surface area contributed by atoms with E-state index < -0.39 is 201 Å². The molecule has 1 aliphatic heterocycles. The van der Waals surface area contributed by atoms with Gasteiger partial charge in [-0.05, 0) is 126 Å². The molecular weight excluding hydrogens is 1950 g/mol. The number of amides is 6. The number of urea groups is 2. The van der Waals surface area contributed by atoms with Gasteiger partial charge in [0.25, 0.3) is 68.7 Å². The van der Waals surface area contributed by atoms with Crippen LogP contribution in [0.5, 0.6) is 11.5 Å². The lowest BCUT2D eigenvalue weighted by Crippen LogP contribution is -2.41. The average molecular weight is 2030 g/mol. The minimum atomic E-state index is -1.00. The van der Waals surface area contributed by atoms with Crippen LogP contribution in [0.25, 0.3) is 6.08 Å². The van der Waals surface area contributed by atoms with E-state index in [0.29, 0.717) is 55.2 Å². The molecule has 7 N–H and O–H groups in total. The fourth-order valence-corrected chi connectivity index (χ4v) is 12.1. The molecule has 145 heavy (non-hydrogen) atoms. The molecule has 1 aliphatic rings. The number of aromatic hydroxyl groups is 1. The number of hydrogen-bond donors (Lipinski definition) is 7. The molecule has 0 bridgehead atoms. The number of thiophene rings is 1. The number of allylic oxidation sites excluding steroid dienone is 1. The smallest absolute Gasteiger partial charge is 0.318 e. The molecule has 1 unspecified atom stereocenters. The Morgan fingerprint density at radius 2 is 0.876 bits per heavy atom. The quantitative estimate of drug-likeness (QED) is 0.00811. The van der Waals surface area contributed by atoms with Crippen LogP contribution in [0, 0.1) is 132 Å². The highest BCUT2D eigenvalue weighted by Gasteiger charge is 2.30. The Balaban J connectivity index is 0.000000307.